The van der Waals surface area contributed by atoms with Crippen LogP contribution in [0.3, 0.4) is 0 Å². The van der Waals surface area contributed by atoms with Gasteiger partial charge in [0.05, 0.1) is 12.2 Å². The van der Waals surface area contributed by atoms with Crippen LogP contribution in [0.1, 0.15) is 39.0 Å². The maximum Gasteiger partial charge on any atom is 0.0913 e. The van der Waals surface area contributed by atoms with Gasteiger partial charge < -0.3 is 9.84 Å². The van der Waals surface area contributed by atoms with Crippen molar-refractivity contribution in [3.05, 3.63) is 0 Å². The second-order valence-electron chi connectivity index (χ2n) is 5.81. The van der Waals surface area contributed by atoms with Crippen LogP contribution in [-0.4, -0.2) is 23.9 Å². The molecule has 15 heavy (non-hydrogen) atoms. The molecule has 3 fully saturated rings. The Labute approximate surface area is 92.0 Å². The molecule has 0 aliphatic heterocycles. The van der Waals surface area contributed by atoms with Crippen LogP contribution in [0.2, 0.25) is 0 Å². The Hall–Kier alpha value is -0.0800. The molecule has 3 rings (SSSR count). The maximum absolute atomic E-state index is 10.6. The monoisotopic (exact) mass is 210 g/mol. The van der Waals surface area contributed by atoms with Gasteiger partial charge >= 0.3 is 0 Å². The van der Waals surface area contributed by atoms with E-state index in [2.05, 4.69) is 0 Å². The van der Waals surface area contributed by atoms with E-state index in [1.165, 1.54) is 25.7 Å². The quantitative estimate of drug-likeness (QED) is 0.774. The van der Waals surface area contributed by atoms with Crippen molar-refractivity contribution in [3.63, 3.8) is 0 Å². The smallest absolute Gasteiger partial charge is 0.0913 e. The first-order valence-corrected chi connectivity index (χ1v) is 6.55. The fourth-order valence-electron chi connectivity index (χ4n) is 4.68. The Bertz CT molecular complexity index is 253. The highest BCUT2D eigenvalue weighted by atomic mass is 16.5. The van der Waals surface area contributed by atoms with Crippen molar-refractivity contribution in [2.75, 3.05) is 13.2 Å². The van der Waals surface area contributed by atoms with Crippen molar-refractivity contribution in [2.45, 2.75) is 44.6 Å². The molecule has 5 unspecified atom stereocenters. The molecule has 0 aromatic rings. The molecule has 0 spiro atoms. The highest BCUT2D eigenvalue weighted by Crippen LogP contribution is 2.62. The first-order chi connectivity index (χ1) is 7.24. The van der Waals surface area contributed by atoms with Crippen molar-refractivity contribution in [2.24, 2.45) is 23.7 Å². The van der Waals surface area contributed by atoms with Crippen molar-refractivity contribution < 1.29 is 9.84 Å². The molecule has 0 amide bonds. The highest BCUT2D eigenvalue weighted by Gasteiger charge is 2.60. The van der Waals surface area contributed by atoms with Gasteiger partial charge in [0.15, 0.2) is 0 Å². The molecule has 3 aliphatic carbocycles. The van der Waals surface area contributed by atoms with E-state index in [9.17, 15) is 5.11 Å². The summed E-state index contributed by atoms with van der Waals surface area (Å²) >= 11 is 0. The summed E-state index contributed by atoms with van der Waals surface area (Å²) < 4.78 is 5.47. The minimum Gasteiger partial charge on any atom is -0.387 e. The minimum absolute atomic E-state index is 0.466. The summed E-state index contributed by atoms with van der Waals surface area (Å²) in [6.45, 7) is 3.32. The predicted octanol–water partition coefficient (Wildman–Crippen LogP) is 2.21. The van der Waals surface area contributed by atoms with Crippen LogP contribution >= 0.6 is 0 Å². The summed E-state index contributed by atoms with van der Waals surface area (Å²) in [5.74, 6) is 3.15. The van der Waals surface area contributed by atoms with E-state index in [0.717, 1.165) is 30.8 Å². The number of aliphatic hydroxyl groups is 1. The van der Waals surface area contributed by atoms with Gasteiger partial charge in [-0.2, -0.15) is 0 Å². The lowest BCUT2D eigenvalue weighted by Gasteiger charge is -2.38. The molecule has 5 atom stereocenters. The summed E-state index contributed by atoms with van der Waals surface area (Å²) in [5, 5.41) is 10.6. The summed E-state index contributed by atoms with van der Waals surface area (Å²) in [6.07, 6.45) is 6.47. The first kappa shape index (κ1) is 10.1. The fraction of sp³-hybridized carbons (Fsp3) is 1.00. The third-order valence-electron chi connectivity index (χ3n) is 5.17. The zero-order valence-corrected chi connectivity index (χ0v) is 9.61. The predicted molar refractivity (Wildman–Crippen MR) is 58.5 cm³/mol. The molecule has 3 saturated carbocycles. The van der Waals surface area contributed by atoms with E-state index < -0.39 is 5.60 Å². The lowest BCUT2D eigenvalue weighted by molar-refractivity contribution is -0.0993. The molecule has 86 valence electrons. The summed E-state index contributed by atoms with van der Waals surface area (Å²) in [6, 6.07) is 0. The van der Waals surface area contributed by atoms with Gasteiger partial charge in [-0.05, 0) is 56.3 Å². The normalized spacial score (nSPS) is 52.4. The number of hydrogen-bond donors (Lipinski definition) is 1. The van der Waals surface area contributed by atoms with Crippen LogP contribution in [0.25, 0.3) is 0 Å². The number of hydrogen-bond acceptors (Lipinski definition) is 2. The lowest BCUT2D eigenvalue weighted by atomic mass is 9.73. The average Bonchev–Trinajstić information content (AvgIpc) is 2.84. The summed E-state index contributed by atoms with van der Waals surface area (Å²) in [4.78, 5) is 0. The van der Waals surface area contributed by atoms with Crippen molar-refractivity contribution in [3.8, 4) is 0 Å². The number of fused-ring (bicyclic) bond motifs is 5. The molecule has 0 heterocycles. The SMILES string of the molecule is CCOCC1(O)CC2CC1C1CCCC21. The van der Waals surface area contributed by atoms with Gasteiger partial charge in [0.25, 0.3) is 0 Å². The van der Waals surface area contributed by atoms with Crippen LogP contribution < -0.4 is 0 Å². The van der Waals surface area contributed by atoms with Crippen LogP contribution in [0.5, 0.6) is 0 Å². The van der Waals surface area contributed by atoms with Gasteiger partial charge in [0, 0.05) is 6.61 Å². The van der Waals surface area contributed by atoms with Gasteiger partial charge in [0.1, 0.15) is 0 Å². The van der Waals surface area contributed by atoms with E-state index in [-0.39, 0.29) is 0 Å². The first-order valence-electron chi connectivity index (χ1n) is 6.55. The van der Waals surface area contributed by atoms with Crippen molar-refractivity contribution in [1.82, 2.24) is 0 Å². The van der Waals surface area contributed by atoms with Gasteiger partial charge in [0.2, 0.25) is 0 Å². The van der Waals surface area contributed by atoms with E-state index >= 15 is 0 Å². The molecule has 2 bridgehead atoms. The van der Waals surface area contributed by atoms with Gasteiger partial charge in [-0.15, -0.1) is 0 Å². The standard InChI is InChI=1S/C13H22O2/c1-2-15-8-13(14)7-9-6-12(13)11-5-3-4-10(9)11/h9-12,14H,2-8H2,1H3. The molecule has 1 N–H and O–H groups in total. The Morgan fingerprint density at radius 1 is 1.33 bits per heavy atom. The average molecular weight is 210 g/mol. The minimum atomic E-state index is -0.466. The molecule has 3 aliphatic rings. The van der Waals surface area contributed by atoms with Crippen molar-refractivity contribution in [1.29, 1.82) is 0 Å². The Morgan fingerprint density at radius 3 is 2.93 bits per heavy atom. The molecule has 0 saturated heterocycles. The van der Waals surface area contributed by atoms with Crippen molar-refractivity contribution >= 4 is 0 Å². The summed E-state index contributed by atoms with van der Waals surface area (Å²) in [5.41, 5.74) is -0.466. The number of rotatable bonds is 3. The topological polar surface area (TPSA) is 29.5 Å². The lowest BCUT2D eigenvalue weighted by Crippen LogP contribution is -2.45. The van der Waals surface area contributed by atoms with E-state index in [1.807, 2.05) is 6.92 Å². The van der Waals surface area contributed by atoms with Crippen LogP contribution in [0.4, 0.5) is 0 Å². The molecule has 0 aromatic heterocycles. The molecule has 2 heteroatoms. The second kappa shape index (κ2) is 3.46. The van der Waals surface area contributed by atoms with Gasteiger partial charge in [-0.25, -0.2) is 0 Å². The zero-order chi connectivity index (χ0) is 10.5. The maximum atomic E-state index is 10.6. The van der Waals surface area contributed by atoms with Crippen LogP contribution in [0, 0.1) is 23.7 Å². The molecule has 2 nitrogen and oxygen atoms in total. The van der Waals surface area contributed by atoms with E-state index in [0.29, 0.717) is 12.5 Å². The molecule has 0 radical (unpaired) electrons. The van der Waals surface area contributed by atoms with Crippen LogP contribution in [-0.2, 0) is 4.74 Å². The summed E-state index contributed by atoms with van der Waals surface area (Å²) in [7, 11) is 0. The third-order valence-corrected chi connectivity index (χ3v) is 5.17. The van der Waals surface area contributed by atoms with E-state index in [1.54, 1.807) is 0 Å². The van der Waals surface area contributed by atoms with Crippen LogP contribution in [0.15, 0.2) is 0 Å². The Kier molecular flexibility index (Phi) is 2.33. The zero-order valence-electron chi connectivity index (χ0n) is 9.61. The molecular formula is C13H22O2. The molecule has 0 aromatic carbocycles. The Morgan fingerprint density at radius 2 is 2.13 bits per heavy atom. The number of ether oxygens (including phenoxy) is 1. The van der Waals surface area contributed by atoms with Gasteiger partial charge in [-0.1, -0.05) is 6.42 Å². The fourth-order valence-corrected chi connectivity index (χ4v) is 4.68. The molecular weight excluding hydrogens is 188 g/mol. The largest absolute Gasteiger partial charge is 0.387 e. The third kappa shape index (κ3) is 1.38. The van der Waals surface area contributed by atoms with Gasteiger partial charge in [-0.3, -0.25) is 0 Å². The Balaban J connectivity index is 1.74. The highest BCUT2D eigenvalue weighted by molar-refractivity contribution is 5.10. The van der Waals surface area contributed by atoms with E-state index in [4.69, 9.17) is 4.74 Å². The second-order valence-corrected chi connectivity index (χ2v) is 5.81.